The molecule has 0 fully saturated rings. The third kappa shape index (κ3) is 2.47. The highest BCUT2D eigenvalue weighted by Gasteiger charge is 2.29. The Morgan fingerprint density at radius 3 is 2.91 bits per heavy atom. The maximum absolute atomic E-state index is 13.3. The fraction of sp³-hybridized carbons (Fsp3) is 0.250. The molecule has 2 heterocycles. The highest BCUT2D eigenvalue weighted by molar-refractivity contribution is 5.94. The Morgan fingerprint density at radius 2 is 2.18 bits per heavy atom. The summed E-state index contributed by atoms with van der Waals surface area (Å²) in [6.45, 7) is 3.05. The zero-order chi connectivity index (χ0) is 15.7. The smallest absolute Gasteiger partial charge is 0.325 e. The number of nitrogens with zero attached hydrogens (tertiary/aromatic N) is 3. The molecule has 0 bridgehead atoms. The van der Waals surface area contributed by atoms with Crippen LogP contribution >= 0.6 is 0 Å². The van der Waals surface area contributed by atoms with Gasteiger partial charge < -0.3 is 10.2 Å². The molecule has 1 aromatic carbocycles. The minimum atomic E-state index is -0.296. The van der Waals surface area contributed by atoms with Crippen molar-refractivity contribution >= 4 is 23.2 Å². The molecule has 114 valence electrons. The summed E-state index contributed by atoms with van der Waals surface area (Å²) in [6.07, 6.45) is 1.64. The average Bonchev–Trinajstić information content (AvgIpc) is 2.51. The topological polar surface area (TPSA) is 48.5 Å². The molecular weight excluding hydrogens is 283 g/mol. The number of amides is 2. The zero-order valence-corrected chi connectivity index (χ0v) is 12.5. The van der Waals surface area contributed by atoms with Gasteiger partial charge in [-0.3, -0.25) is 4.90 Å². The van der Waals surface area contributed by atoms with E-state index < -0.39 is 0 Å². The van der Waals surface area contributed by atoms with Crippen molar-refractivity contribution in [3.8, 4) is 0 Å². The van der Waals surface area contributed by atoms with Crippen molar-refractivity contribution < 1.29 is 9.18 Å². The monoisotopic (exact) mass is 300 g/mol. The van der Waals surface area contributed by atoms with Crippen molar-refractivity contribution in [2.24, 2.45) is 0 Å². The average molecular weight is 300 g/mol. The van der Waals surface area contributed by atoms with Crippen molar-refractivity contribution in [3.63, 3.8) is 0 Å². The minimum absolute atomic E-state index is 0.0644. The number of carbonyl (C=O) groups is 1. The molecule has 0 aliphatic carbocycles. The first kappa shape index (κ1) is 14.3. The van der Waals surface area contributed by atoms with Crippen LogP contribution in [-0.2, 0) is 6.54 Å². The number of hydrogen-bond acceptors (Lipinski definition) is 3. The molecule has 22 heavy (non-hydrogen) atoms. The number of pyridine rings is 1. The van der Waals surface area contributed by atoms with Crippen molar-refractivity contribution in [1.82, 2.24) is 9.88 Å². The normalized spacial score (nSPS) is 14.0. The lowest BCUT2D eigenvalue weighted by molar-refractivity contribution is 0.203. The molecule has 5 nitrogen and oxygen atoms in total. The SMILES string of the molecule is CCN1Cc2c(Nc3cccc(F)c3)ccnc2N(C)C1=O. The summed E-state index contributed by atoms with van der Waals surface area (Å²) in [5.41, 5.74) is 2.42. The van der Waals surface area contributed by atoms with E-state index in [9.17, 15) is 9.18 Å². The minimum Gasteiger partial charge on any atom is -0.355 e. The molecule has 1 N–H and O–H groups in total. The number of anilines is 3. The summed E-state index contributed by atoms with van der Waals surface area (Å²) in [7, 11) is 1.71. The Bertz CT molecular complexity index is 719. The van der Waals surface area contributed by atoms with Gasteiger partial charge in [0.05, 0.1) is 6.54 Å². The highest BCUT2D eigenvalue weighted by Crippen LogP contribution is 2.32. The molecule has 0 saturated heterocycles. The Labute approximate surface area is 128 Å². The number of aromatic nitrogens is 1. The van der Waals surface area contributed by atoms with Crippen LogP contribution in [0.2, 0.25) is 0 Å². The number of carbonyl (C=O) groups excluding carboxylic acids is 1. The van der Waals surface area contributed by atoms with Gasteiger partial charge in [-0.1, -0.05) is 6.07 Å². The number of benzene rings is 1. The van der Waals surface area contributed by atoms with Gasteiger partial charge >= 0.3 is 6.03 Å². The van der Waals surface area contributed by atoms with E-state index in [-0.39, 0.29) is 11.8 Å². The third-order valence-corrected chi connectivity index (χ3v) is 3.74. The summed E-state index contributed by atoms with van der Waals surface area (Å²) >= 11 is 0. The van der Waals surface area contributed by atoms with Gasteiger partial charge in [0, 0.05) is 36.7 Å². The van der Waals surface area contributed by atoms with Gasteiger partial charge in [0.2, 0.25) is 0 Å². The van der Waals surface area contributed by atoms with Crippen LogP contribution in [0, 0.1) is 5.82 Å². The van der Waals surface area contributed by atoms with E-state index >= 15 is 0 Å². The predicted molar refractivity (Wildman–Crippen MR) is 83.8 cm³/mol. The second-order valence-electron chi connectivity index (χ2n) is 5.15. The second-order valence-corrected chi connectivity index (χ2v) is 5.15. The van der Waals surface area contributed by atoms with Gasteiger partial charge in [0.15, 0.2) is 0 Å². The lowest BCUT2D eigenvalue weighted by atomic mass is 10.1. The molecular formula is C16H17FN4O. The van der Waals surface area contributed by atoms with E-state index in [0.717, 1.165) is 11.3 Å². The first-order chi connectivity index (χ1) is 10.6. The lowest BCUT2D eigenvalue weighted by Crippen LogP contribution is -2.45. The Balaban J connectivity index is 1.99. The molecule has 0 unspecified atom stereocenters. The van der Waals surface area contributed by atoms with Crippen LogP contribution < -0.4 is 10.2 Å². The maximum atomic E-state index is 13.3. The number of hydrogen-bond donors (Lipinski definition) is 1. The maximum Gasteiger partial charge on any atom is 0.325 e. The van der Waals surface area contributed by atoms with Crippen molar-refractivity contribution in [2.75, 3.05) is 23.8 Å². The van der Waals surface area contributed by atoms with Gasteiger partial charge in [0.1, 0.15) is 11.6 Å². The van der Waals surface area contributed by atoms with Gasteiger partial charge in [0.25, 0.3) is 0 Å². The highest BCUT2D eigenvalue weighted by atomic mass is 19.1. The molecule has 1 aliphatic rings. The van der Waals surface area contributed by atoms with E-state index in [1.165, 1.54) is 12.1 Å². The van der Waals surface area contributed by atoms with Crippen molar-refractivity contribution in [2.45, 2.75) is 13.5 Å². The summed E-state index contributed by atoms with van der Waals surface area (Å²) in [5.74, 6) is 0.339. The van der Waals surface area contributed by atoms with Crippen LogP contribution in [0.25, 0.3) is 0 Å². The molecule has 1 aromatic heterocycles. The summed E-state index contributed by atoms with van der Waals surface area (Å²) in [4.78, 5) is 19.8. The zero-order valence-electron chi connectivity index (χ0n) is 12.5. The van der Waals surface area contributed by atoms with Crippen LogP contribution in [0.15, 0.2) is 36.5 Å². The molecule has 3 rings (SSSR count). The second kappa shape index (κ2) is 5.63. The number of nitrogens with one attached hydrogen (secondary N) is 1. The van der Waals surface area contributed by atoms with Crippen molar-refractivity contribution in [1.29, 1.82) is 0 Å². The van der Waals surface area contributed by atoms with E-state index in [1.807, 2.05) is 13.0 Å². The van der Waals surface area contributed by atoms with Gasteiger partial charge in [-0.2, -0.15) is 0 Å². The molecule has 2 aromatic rings. The lowest BCUT2D eigenvalue weighted by Gasteiger charge is -2.34. The summed E-state index contributed by atoms with van der Waals surface area (Å²) in [5, 5.41) is 3.21. The molecule has 2 amide bonds. The molecule has 0 spiro atoms. The van der Waals surface area contributed by atoms with Gasteiger partial charge in [-0.25, -0.2) is 14.2 Å². The quantitative estimate of drug-likeness (QED) is 0.945. The first-order valence-corrected chi connectivity index (χ1v) is 7.13. The van der Waals surface area contributed by atoms with E-state index in [4.69, 9.17) is 0 Å². The van der Waals surface area contributed by atoms with Crippen molar-refractivity contribution in [3.05, 3.63) is 47.9 Å². The largest absolute Gasteiger partial charge is 0.355 e. The van der Waals surface area contributed by atoms with E-state index in [0.29, 0.717) is 24.6 Å². The van der Waals surface area contributed by atoms with Crippen LogP contribution in [0.4, 0.5) is 26.4 Å². The summed E-state index contributed by atoms with van der Waals surface area (Å²) in [6, 6.07) is 8.05. The van der Waals surface area contributed by atoms with Gasteiger partial charge in [-0.15, -0.1) is 0 Å². The standard InChI is InChI=1S/C16H17FN4O/c1-3-21-10-13-14(19-12-6-4-5-11(17)9-12)7-8-18-15(13)20(2)16(21)22/h4-9H,3,10H2,1-2H3,(H,18,19). The molecule has 0 radical (unpaired) electrons. The molecule has 1 aliphatic heterocycles. The number of halogens is 1. The molecule has 0 atom stereocenters. The van der Waals surface area contributed by atoms with Crippen LogP contribution in [0.3, 0.4) is 0 Å². The Kier molecular flexibility index (Phi) is 3.66. The molecule has 0 saturated carbocycles. The Morgan fingerprint density at radius 1 is 1.36 bits per heavy atom. The van der Waals surface area contributed by atoms with E-state index in [2.05, 4.69) is 10.3 Å². The molecule has 6 heteroatoms. The fourth-order valence-corrected chi connectivity index (χ4v) is 2.57. The number of urea groups is 1. The number of rotatable bonds is 3. The predicted octanol–water partition coefficient (Wildman–Crippen LogP) is 3.36. The van der Waals surface area contributed by atoms with Crippen LogP contribution in [0.1, 0.15) is 12.5 Å². The van der Waals surface area contributed by atoms with Crippen LogP contribution in [-0.4, -0.2) is 29.5 Å². The van der Waals surface area contributed by atoms with Gasteiger partial charge in [-0.05, 0) is 31.2 Å². The fourth-order valence-electron chi connectivity index (χ4n) is 2.57. The third-order valence-electron chi connectivity index (χ3n) is 3.74. The van der Waals surface area contributed by atoms with E-state index in [1.54, 1.807) is 35.2 Å². The Hall–Kier alpha value is -2.63. The summed E-state index contributed by atoms with van der Waals surface area (Å²) < 4.78 is 13.3. The van der Waals surface area contributed by atoms with Crippen LogP contribution in [0.5, 0.6) is 0 Å². The first-order valence-electron chi connectivity index (χ1n) is 7.13. The number of fused-ring (bicyclic) bond motifs is 1.